The monoisotopic (exact) mass is 424 g/mol. The summed E-state index contributed by atoms with van der Waals surface area (Å²) in [7, 11) is 0. The molecule has 0 unspecified atom stereocenters. The van der Waals surface area contributed by atoms with Crippen LogP contribution >= 0.6 is 11.8 Å². The van der Waals surface area contributed by atoms with Gasteiger partial charge in [-0.15, -0.1) is 0 Å². The normalized spacial score (nSPS) is 14.3. The molecule has 7 nitrogen and oxygen atoms in total. The molecule has 0 radical (unpaired) electrons. The van der Waals surface area contributed by atoms with E-state index in [0.29, 0.717) is 18.7 Å². The third-order valence-electron chi connectivity index (χ3n) is 5.67. The Labute approximate surface area is 181 Å². The number of aromatic nitrogens is 4. The lowest BCUT2D eigenvalue weighted by molar-refractivity contribution is 0.0952. The smallest absolute Gasteiger partial charge is 0.251 e. The van der Waals surface area contributed by atoms with Crippen molar-refractivity contribution in [2.45, 2.75) is 44.8 Å². The fourth-order valence-corrected chi connectivity index (χ4v) is 4.14. The number of anilines is 1. The molecule has 4 rings (SSSR count). The Bertz CT molecular complexity index is 1060. The number of aryl methyl sites for hydroxylation is 2. The molecule has 1 N–H and O–H groups in total. The summed E-state index contributed by atoms with van der Waals surface area (Å²) in [6.45, 7) is 7.16. The number of nitrogens with zero attached hydrogens (tertiary/aromatic N) is 5. The van der Waals surface area contributed by atoms with Crippen molar-refractivity contribution in [3.8, 4) is 0 Å². The minimum Gasteiger partial charge on any atom is -0.356 e. The number of rotatable bonds is 6. The van der Waals surface area contributed by atoms with Crippen LogP contribution in [0.3, 0.4) is 0 Å². The van der Waals surface area contributed by atoms with Crippen LogP contribution in [-0.4, -0.2) is 51.5 Å². The highest BCUT2D eigenvalue weighted by Gasteiger charge is 2.19. The summed E-state index contributed by atoms with van der Waals surface area (Å²) in [5.41, 5.74) is 3.81. The molecular formula is C22H28N6OS. The van der Waals surface area contributed by atoms with Crippen LogP contribution in [0.15, 0.2) is 29.6 Å². The van der Waals surface area contributed by atoms with Gasteiger partial charge in [0.2, 0.25) is 0 Å². The maximum atomic E-state index is 12.5. The number of hydrogen-bond donors (Lipinski definition) is 1. The zero-order valence-electron chi connectivity index (χ0n) is 17.8. The molecule has 1 aliphatic heterocycles. The maximum Gasteiger partial charge on any atom is 0.251 e. The lowest BCUT2D eigenvalue weighted by Gasteiger charge is -2.28. The van der Waals surface area contributed by atoms with Crippen molar-refractivity contribution < 1.29 is 4.79 Å². The molecule has 3 aromatic rings. The number of amides is 1. The van der Waals surface area contributed by atoms with E-state index in [1.165, 1.54) is 24.8 Å². The van der Waals surface area contributed by atoms with Crippen molar-refractivity contribution in [3.63, 3.8) is 0 Å². The van der Waals surface area contributed by atoms with Gasteiger partial charge in [-0.25, -0.2) is 14.6 Å². The second kappa shape index (κ2) is 9.04. The maximum absolute atomic E-state index is 12.5. The fraction of sp³-hybridized carbons (Fsp3) is 0.455. The summed E-state index contributed by atoms with van der Waals surface area (Å²) >= 11 is 1.54. The molecule has 1 saturated heterocycles. The Morgan fingerprint density at radius 3 is 2.67 bits per heavy atom. The van der Waals surface area contributed by atoms with Gasteiger partial charge < -0.3 is 10.2 Å². The van der Waals surface area contributed by atoms with Crippen LogP contribution in [0.2, 0.25) is 0 Å². The predicted octanol–water partition coefficient (Wildman–Crippen LogP) is 3.59. The van der Waals surface area contributed by atoms with Crippen LogP contribution < -0.4 is 10.2 Å². The van der Waals surface area contributed by atoms with Gasteiger partial charge in [0, 0.05) is 25.2 Å². The van der Waals surface area contributed by atoms with Crippen LogP contribution in [0.25, 0.3) is 11.0 Å². The first-order chi connectivity index (χ1) is 14.6. The number of benzene rings is 1. The number of carbonyl (C=O) groups is 1. The minimum absolute atomic E-state index is 0.0667. The van der Waals surface area contributed by atoms with Crippen molar-refractivity contribution in [1.29, 1.82) is 0 Å². The molecule has 30 heavy (non-hydrogen) atoms. The van der Waals surface area contributed by atoms with Gasteiger partial charge in [0.1, 0.15) is 5.82 Å². The lowest BCUT2D eigenvalue weighted by Crippen LogP contribution is -2.30. The second-order valence-electron chi connectivity index (χ2n) is 7.74. The van der Waals surface area contributed by atoms with Gasteiger partial charge in [0.25, 0.3) is 5.91 Å². The highest BCUT2D eigenvalue weighted by Crippen LogP contribution is 2.28. The van der Waals surface area contributed by atoms with E-state index in [1.807, 2.05) is 49.2 Å². The molecule has 1 amide bonds. The van der Waals surface area contributed by atoms with Crippen molar-refractivity contribution in [2.24, 2.45) is 0 Å². The van der Waals surface area contributed by atoms with E-state index in [9.17, 15) is 4.79 Å². The molecule has 0 bridgehead atoms. The molecule has 1 aromatic carbocycles. The third kappa shape index (κ3) is 4.28. The Kier molecular flexibility index (Phi) is 6.22. The second-order valence-corrected chi connectivity index (χ2v) is 8.51. The summed E-state index contributed by atoms with van der Waals surface area (Å²) in [4.78, 5) is 24.3. The van der Waals surface area contributed by atoms with E-state index < -0.39 is 0 Å². The molecular weight excluding hydrogens is 396 g/mol. The Morgan fingerprint density at radius 2 is 1.93 bits per heavy atom. The number of piperidine rings is 1. The van der Waals surface area contributed by atoms with E-state index in [2.05, 4.69) is 15.3 Å². The average Bonchev–Trinajstić information content (AvgIpc) is 3.18. The summed E-state index contributed by atoms with van der Waals surface area (Å²) in [5.74, 6) is 0.914. The van der Waals surface area contributed by atoms with Gasteiger partial charge in [-0.3, -0.25) is 4.79 Å². The van der Waals surface area contributed by atoms with Gasteiger partial charge >= 0.3 is 0 Å². The topological polar surface area (TPSA) is 75.9 Å². The summed E-state index contributed by atoms with van der Waals surface area (Å²) < 4.78 is 1.87. The molecule has 1 fully saturated rings. The van der Waals surface area contributed by atoms with Crippen molar-refractivity contribution >= 4 is 34.5 Å². The van der Waals surface area contributed by atoms with Crippen LogP contribution in [0.4, 0.5) is 5.82 Å². The summed E-state index contributed by atoms with van der Waals surface area (Å²) in [6, 6.07) is 5.77. The first-order valence-corrected chi connectivity index (χ1v) is 11.7. The number of fused-ring (bicyclic) bond motifs is 1. The van der Waals surface area contributed by atoms with E-state index in [-0.39, 0.29) is 5.91 Å². The van der Waals surface area contributed by atoms with Crippen LogP contribution in [-0.2, 0) is 6.54 Å². The predicted molar refractivity (Wildman–Crippen MR) is 121 cm³/mol. The minimum atomic E-state index is -0.0667. The average molecular weight is 425 g/mol. The summed E-state index contributed by atoms with van der Waals surface area (Å²) in [5, 5.41) is 9.28. The van der Waals surface area contributed by atoms with Crippen LogP contribution in [0, 0.1) is 13.8 Å². The number of carbonyl (C=O) groups excluding carboxylic acids is 1. The molecule has 0 saturated carbocycles. The number of thioether (sulfide) groups is 1. The molecule has 0 spiro atoms. The van der Waals surface area contributed by atoms with E-state index >= 15 is 0 Å². The molecule has 8 heteroatoms. The Morgan fingerprint density at radius 1 is 1.13 bits per heavy atom. The molecule has 0 atom stereocenters. The van der Waals surface area contributed by atoms with Crippen LogP contribution in [0.1, 0.15) is 40.7 Å². The van der Waals surface area contributed by atoms with E-state index in [0.717, 1.165) is 40.7 Å². The Hall–Kier alpha value is -2.61. The fourth-order valence-electron chi connectivity index (χ4n) is 3.78. The Balaban J connectivity index is 1.50. The highest BCUT2D eigenvalue weighted by molar-refractivity contribution is 7.98. The zero-order chi connectivity index (χ0) is 21.1. The summed E-state index contributed by atoms with van der Waals surface area (Å²) in [6.07, 6.45) is 7.51. The lowest BCUT2D eigenvalue weighted by atomic mass is 10.1. The van der Waals surface area contributed by atoms with Gasteiger partial charge in [-0.2, -0.15) is 5.10 Å². The first kappa shape index (κ1) is 20.7. The third-order valence-corrected chi connectivity index (χ3v) is 6.22. The SMILES string of the molecule is CSc1nc(N2CCCCC2)c2cnn(CCNC(=O)c3ccc(C)c(C)c3)c2n1. The van der Waals surface area contributed by atoms with Crippen LogP contribution in [0.5, 0.6) is 0 Å². The van der Waals surface area contributed by atoms with E-state index in [1.54, 1.807) is 11.8 Å². The number of nitrogens with one attached hydrogen (secondary N) is 1. The molecule has 1 aliphatic rings. The molecule has 0 aliphatic carbocycles. The van der Waals surface area contributed by atoms with Gasteiger partial charge in [-0.05, 0) is 62.6 Å². The van der Waals surface area contributed by atoms with Crippen molar-refractivity contribution in [3.05, 3.63) is 41.1 Å². The highest BCUT2D eigenvalue weighted by atomic mass is 32.2. The van der Waals surface area contributed by atoms with Gasteiger partial charge in [0.05, 0.1) is 18.1 Å². The first-order valence-electron chi connectivity index (χ1n) is 10.4. The molecule has 158 valence electrons. The van der Waals surface area contributed by atoms with Crippen molar-refractivity contribution in [1.82, 2.24) is 25.1 Å². The largest absolute Gasteiger partial charge is 0.356 e. The van der Waals surface area contributed by atoms with Gasteiger partial charge in [0.15, 0.2) is 10.8 Å². The molecule has 3 heterocycles. The van der Waals surface area contributed by atoms with Crippen molar-refractivity contribution in [2.75, 3.05) is 30.8 Å². The number of hydrogen-bond acceptors (Lipinski definition) is 6. The van der Waals surface area contributed by atoms with E-state index in [4.69, 9.17) is 9.97 Å². The zero-order valence-corrected chi connectivity index (χ0v) is 18.6. The quantitative estimate of drug-likeness (QED) is 0.481. The van der Waals surface area contributed by atoms with Gasteiger partial charge in [-0.1, -0.05) is 17.8 Å². The molecule has 2 aromatic heterocycles. The standard InChI is InChI=1S/C22H28N6OS/c1-15-7-8-17(13-16(15)2)21(29)23-9-12-28-20-18(14-24-28)19(25-22(26-20)30-3)27-10-5-4-6-11-27/h7-8,13-14H,4-6,9-12H2,1-3H3,(H,23,29).